The first kappa shape index (κ1) is 14.0. The van der Waals surface area contributed by atoms with Gasteiger partial charge in [-0.3, -0.25) is 0 Å². The molecule has 2 rings (SSSR count). The molecular formula is C16H19NOS. The van der Waals surface area contributed by atoms with Gasteiger partial charge in [0.15, 0.2) is 0 Å². The van der Waals surface area contributed by atoms with E-state index >= 15 is 0 Å². The Hall–Kier alpha value is -1.45. The molecule has 0 amide bonds. The summed E-state index contributed by atoms with van der Waals surface area (Å²) < 4.78 is 0. The van der Waals surface area contributed by atoms with E-state index < -0.39 is 5.60 Å². The van der Waals surface area contributed by atoms with Gasteiger partial charge in [0.1, 0.15) is 5.60 Å². The Morgan fingerprint density at radius 3 is 2.53 bits per heavy atom. The maximum absolute atomic E-state index is 10.5. The highest BCUT2D eigenvalue weighted by Crippen LogP contribution is 2.23. The highest BCUT2D eigenvalue weighted by molar-refractivity contribution is 7.98. The van der Waals surface area contributed by atoms with Crippen molar-refractivity contribution in [3.8, 4) is 0 Å². The Kier molecular flexibility index (Phi) is 4.51. The van der Waals surface area contributed by atoms with Crippen LogP contribution in [-0.4, -0.2) is 17.9 Å². The van der Waals surface area contributed by atoms with Crippen LogP contribution in [-0.2, 0) is 5.60 Å². The molecule has 0 aliphatic heterocycles. The van der Waals surface area contributed by atoms with Crippen molar-refractivity contribution in [1.29, 1.82) is 0 Å². The van der Waals surface area contributed by atoms with Crippen molar-refractivity contribution in [2.45, 2.75) is 17.4 Å². The molecule has 0 bridgehead atoms. The highest BCUT2D eigenvalue weighted by Gasteiger charge is 2.22. The molecule has 2 nitrogen and oxygen atoms in total. The van der Waals surface area contributed by atoms with Gasteiger partial charge in [-0.1, -0.05) is 36.4 Å². The fraction of sp³-hybridized carbons (Fsp3) is 0.250. The smallest absolute Gasteiger partial charge is 0.104 e. The maximum atomic E-state index is 10.5. The molecule has 0 saturated heterocycles. The van der Waals surface area contributed by atoms with E-state index in [0.717, 1.165) is 11.3 Å². The van der Waals surface area contributed by atoms with E-state index in [4.69, 9.17) is 0 Å². The van der Waals surface area contributed by atoms with E-state index in [9.17, 15) is 5.11 Å². The fourth-order valence-electron chi connectivity index (χ4n) is 1.91. The number of hydrogen-bond acceptors (Lipinski definition) is 3. The van der Waals surface area contributed by atoms with E-state index in [1.165, 1.54) is 4.90 Å². The Labute approximate surface area is 118 Å². The van der Waals surface area contributed by atoms with E-state index in [2.05, 4.69) is 23.7 Å². The van der Waals surface area contributed by atoms with Crippen LogP contribution in [0.2, 0.25) is 0 Å². The zero-order valence-corrected chi connectivity index (χ0v) is 12.1. The van der Waals surface area contributed by atoms with Gasteiger partial charge in [0.25, 0.3) is 0 Å². The van der Waals surface area contributed by atoms with Crippen LogP contribution >= 0.6 is 11.8 Å². The van der Waals surface area contributed by atoms with Gasteiger partial charge in [0.2, 0.25) is 0 Å². The summed E-state index contributed by atoms with van der Waals surface area (Å²) in [7, 11) is 0. The first-order valence-corrected chi connectivity index (χ1v) is 7.50. The minimum atomic E-state index is -0.878. The summed E-state index contributed by atoms with van der Waals surface area (Å²) in [6, 6.07) is 17.9. The van der Waals surface area contributed by atoms with Crippen LogP contribution in [0.15, 0.2) is 59.5 Å². The fourth-order valence-corrected chi connectivity index (χ4v) is 2.37. The van der Waals surface area contributed by atoms with Gasteiger partial charge >= 0.3 is 0 Å². The molecule has 0 aliphatic rings. The van der Waals surface area contributed by atoms with Crippen molar-refractivity contribution in [3.05, 3.63) is 60.2 Å². The van der Waals surface area contributed by atoms with Crippen LogP contribution in [0.4, 0.5) is 5.69 Å². The number of aliphatic hydroxyl groups is 1. The van der Waals surface area contributed by atoms with E-state index in [0.29, 0.717) is 6.54 Å². The predicted octanol–water partition coefficient (Wildman–Crippen LogP) is 3.73. The maximum Gasteiger partial charge on any atom is 0.104 e. The molecule has 0 saturated carbocycles. The van der Waals surface area contributed by atoms with E-state index in [1.807, 2.05) is 49.4 Å². The van der Waals surface area contributed by atoms with Gasteiger partial charge in [-0.25, -0.2) is 0 Å². The van der Waals surface area contributed by atoms with E-state index in [-0.39, 0.29) is 0 Å². The second kappa shape index (κ2) is 6.13. The average molecular weight is 273 g/mol. The molecule has 0 heterocycles. The summed E-state index contributed by atoms with van der Waals surface area (Å²) in [5.41, 5.74) is 1.07. The number of thioether (sulfide) groups is 1. The van der Waals surface area contributed by atoms with Gasteiger partial charge in [0.05, 0.1) is 0 Å². The predicted molar refractivity (Wildman–Crippen MR) is 82.7 cm³/mol. The lowest BCUT2D eigenvalue weighted by Crippen LogP contribution is -2.30. The average Bonchev–Trinajstić information content (AvgIpc) is 2.46. The molecule has 3 heteroatoms. The summed E-state index contributed by atoms with van der Waals surface area (Å²) >= 11 is 1.71. The largest absolute Gasteiger partial charge is 0.384 e. The van der Waals surface area contributed by atoms with Crippen LogP contribution in [0.1, 0.15) is 12.5 Å². The third kappa shape index (κ3) is 3.75. The summed E-state index contributed by atoms with van der Waals surface area (Å²) in [5, 5.41) is 13.8. The third-order valence-electron chi connectivity index (χ3n) is 3.10. The molecule has 0 radical (unpaired) electrons. The zero-order chi connectivity index (χ0) is 13.7. The number of anilines is 1. The van der Waals surface area contributed by atoms with Crippen LogP contribution in [0.5, 0.6) is 0 Å². The number of hydrogen-bond donors (Lipinski definition) is 2. The first-order valence-electron chi connectivity index (χ1n) is 6.28. The summed E-state index contributed by atoms with van der Waals surface area (Å²) in [5.74, 6) is 0. The lowest BCUT2D eigenvalue weighted by atomic mass is 9.96. The Balaban J connectivity index is 2.05. The van der Waals surface area contributed by atoms with Crippen molar-refractivity contribution < 1.29 is 5.11 Å². The molecule has 0 aliphatic carbocycles. The second-order valence-electron chi connectivity index (χ2n) is 4.73. The molecule has 100 valence electrons. The van der Waals surface area contributed by atoms with Crippen LogP contribution in [0.3, 0.4) is 0 Å². The third-order valence-corrected chi connectivity index (χ3v) is 3.83. The molecule has 2 aromatic carbocycles. The standard InChI is InChI=1S/C16H19NOS/c1-16(18,13-7-4-3-5-8-13)12-17-14-9-6-10-15(11-14)19-2/h3-11,17-18H,12H2,1-2H3. The molecule has 19 heavy (non-hydrogen) atoms. The van der Waals surface area contributed by atoms with Gasteiger partial charge in [0, 0.05) is 17.1 Å². The molecule has 2 N–H and O–H groups in total. The molecule has 1 atom stereocenters. The molecule has 1 unspecified atom stereocenters. The highest BCUT2D eigenvalue weighted by atomic mass is 32.2. The number of benzene rings is 2. The topological polar surface area (TPSA) is 32.3 Å². The first-order chi connectivity index (χ1) is 9.12. The minimum Gasteiger partial charge on any atom is -0.384 e. The number of rotatable bonds is 5. The lowest BCUT2D eigenvalue weighted by Gasteiger charge is -2.25. The molecule has 0 fully saturated rings. The molecular weight excluding hydrogens is 254 g/mol. The zero-order valence-electron chi connectivity index (χ0n) is 11.3. The second-order valence-corrected chi connectivity index (χ2v) is 5.61. The van der Waals surface area contributed by atoms with Crippen molar-refractivity contribution >= 4 is 17.4 Å². The minimum absolute atomic E-state index is 0.481. The van der Waals surface area contributed by atoms with Crippen LogP contribution in [0.25, 0.3) is 0 Å². The lowest BCUT2D eigenvalue weighted by molar-refractivity contribution is 0.0715. The summed E-state index contributed by atoms with van der Waals surface area (Å²) in [6.07, 6.45) is 2.05. The molecule has 0 spiro atoms. The quantitative estimate of drug-likeness (QED) is 0.814. The van der Waals surface area contributed by atoms with Gasteiger partial charge in [-0.05, 0) is 36.9 Å². The monoisotopic (exact) mass is 273 g/mol. The Morgan fingerprint density at radius 1 is 1.11 bits per heavy atom. The Bertz CT molecular complexity index is 525. The van der Waals surface area contributed by atoms with Gasteiger partial charge in [-0.15, -0.1) is 11.8 Å². The van der Waals surface area contributed by atoms with Crippen LogP contribution < -0.4 is 5.32 Å². The SMILES string of the molecule is CSc1cccc(NCC(C)(O)c2ccccc2)c1. The summed E-state index contributed by atoms with van der Waals surface area (Å²) in [4.78, 5) is 1.21. The molecule has 0 aromatic heterocycles. The van der Waals surface area contributed by atoms with Gasteiger partial charge in [-0.2, -0.15) is 0 Å². The van der Waals surface area contributed by atoms with Crippen molar-refractivity contribution in [1.82, 2.24) is 0 Å². The van der Waals surface area contributed by atoms with Crippen molar-refractivity contribution in [3.63, 3.8) is 0 Å². The number of nitrogens with one attached hydrogen (secondary N) is 1. The van der Waals surface area contributed by atoms with Crippen LogP contribution in [0, 0.1) is 0 Å². The summed E-state index contributed by atoms with van der Waals surface area (Å²) in [6.45, 7) is 2.31. The van der Waals surface area contributed by atoms with Crippen molar-refractivity contribution in [2.75, 3.05) is 18.1 Å². The van der Waals surface area contributed by atoms with Crippen molar-refractivity contribution in [2.24, 2.45) is 0 Å². The van der Waals surface area contributed by atoms with Gasteiger partial charge < -0.3 is 10.4 Å². The van der Waals surface area contributed by atoms with E-state index in [1.54, 1.807) is 11.8 Å². The molecule has 2 aromatic rings. The normalized spacial score (nSPS) is 13.8. The Morgan fingerprint density at radius 2 is 1.84 bits per heavy atom.